The largest absolute Gasteiger partial charge is 0.503 e. The summed E-state index contributed by atoms with van der Waals surface area (Å²) < 4.78 is 10.5. The number of H-pyrrole nitrogens is 1. The molecule has 1 heterocycles. The molecule has 0 radical (unpaired) electrons. The maximum absolute atomic E-state index is 12.6. The third kappa shape index (κ3) is 3.99. The molecule has 7 heteroatoms. The van der Waals surface area contributed by atoms with Gasteiger partial charge in [0.05, 0.1) is 18.2 Å². The van der Waals surface area contributed by atoms with Crippen LogP contribution in [-0.4, -0.2) is 35.6 Å². The Labute approximate surface area is 160 Å². The van der Waals surface area contributed by atoms with E-state index in [-0.39, 0.29) is 23.8 Å². The molecule has 1 aromatic carbocycles. The molecule has 26 heavy (non-hydrogen) atoms. The van der Waals surface area contributed by atoms with Crippen molar-refractivity contribution in [2.45, 2.75) is 20.8 Å². The molecule has 0 spiro atoms. The van der Waals surface area contributed by atoms with Crippen LogP contribution in [0, 0.1) is 13.8 Å². The lowest BCUT2D eigenvalue weighted by Crippen LogP contribution is -2.07. The predicted molar refractivity (Wildman–Crippen MR) is 102 cm³/mol. The summed E-state index contributed by atoms with van der Waals surface area (Å²) in [6, 6.07) is 3.28. The molecule has 1 aromatic heterocycles. The Morgan fingerprint density at radius 1 is 1.31 bits per heavy atom. The van der Waals surface area contributed by atoms with Gasteiger partial charge in [0.1, 0.15) is 5.69 Å². The fourth-order valence-electron chi connectivity index (χ4n) is 2.63. The van der Waals surface area contributed by atoms with Crippen LogP contribution >= 0.6 is 15.9 Å². The quantitative estimate of drug-likeness (QED) is 0.414. The summed E-state index contributed by atoms with van der Waals surface area (Å²) in [5.74, 6) is -0.434. The highest BCUT2D eigenvalue weighted by molar-refractivity contribution is 9.10. The lowest BCUT2D eigenvalue weighted by atomic mass is 10.0. The Kier molecular flexibility index (Phi) is 6.26. The van der Waals surface area contributed by atoms with E-state index in [1.54, 1.807) is 39.0 Å². The van der Waals surface area contributed by atoms with E-state index in [1.807, 2.05) is 0 Å². The molecule has 6 nitrogen and oxygen atoms in total. The van der Waals surface area contributed by atoms with E-state index in [0.29, 0.717) is 32.6 Å². The Hall–Kier alpha value is -2.54. The number of ketones is 1. The SMILES string of the molecule is CCOC(=O)c1[nH]c(C)c(C(=O)C=Cc2cc(Br)c(O)c(OC)c2)c1C. The van der Waals surface area contributed by atoms with Crippen LogP contribution in [0.4, 0.5) is 0 Å². The number of hydrogen-bond donors (Lipinski definition) is 2. The van der Waals surface area contributed by atoms with Crippen molar-refractivity contribution >= 4 is 33.8 Å². The van der Waals surface area contributed by atoms with Crippen molar-refractivity contribution in [3.63, 3.8) is 0 Å². The molecule has 0 atom stereocenters. The molecule has 0 saturated heterocycles. The van der Waals surface area contributed by atoms with Crippen molar-refractivity contribution < 1.29 is 24.2 Å². The minimum atomic E-state index is -0.483. The van der Waals surface area contributed by atoms with E-state index in [0.717, 1.165) is 0 Å². The van der Waals surface area contributed by atoms with Crippen LogP contribution in [0.25, 0.3) is 6.08 Å². The molecule has 0 saturated carbocycles. The predicted octanol–water partition coefficient (Wildman–Crippen LogP) is 4.18. The van der Waals surface area contributed by atoms with Crippen LogP contribution in [0.15, 0.2) is 22.7 Å². The van der Waals surface area contributed by atoms with Crippen LogP contribution in [0.1, 0.15) is 44.6 Å². The van der Waals surface area contributed by atoms with Crippen molar-refractivity contribution in [2.75, 3.05) is 13.7 Å². The highest BCUT2D eigenvalue weighted by atomic mass is 79.9. The second-order valence-corrected chi connectivity index (χ2v) is 6.45. The number of ether oxygens (including phenoxy) is 2. The number of phenols is 1. The molecule has 2 N–H and O–H groups in total. The van der Waals surface area contributed by atoms with Crippen molar-refractivity contribution in [3.8, 4) is 11.5 Å². The van der Waals surface area contributed by atoms with Gasteiger partial charge >= 0.3 is 5.97 Å². The van der Waals surface area contributed by atoms with E-state index in [2.05, 4.69) is 20.9 Å². The summed E-state index contributed by atoms with van der Waals surface area (Å²) in [4.78, 5) is 27.5. The number of phenolic OH excluding ortho intramolecular Hbond substituents is 1. The number of allylic oxidation sites excluding steroid dienone is 1. The van der Waals surface area contributed by atoms with Gasteiger partial charge in [-0.25, -0.2) is 4.79 Å². The monoisotopic (exact) mass is 421 g/mol. The number of esters is 1. The molecule has 2 rings (SSSR count). The average molecular weight is 422 g/mol. The van der Waals surface area contributed by atoms with Gasteiger partial charge in [-0.15, -0.1) is 0 Å². The highest BCUT2D eigenvalue weighted by Gasteiger charge is 2.21. The number of aromatic hydroxyl groups is 1. The van der Waals surface area contributed by atoms with Crippen LogP contribution < -0.4 is 4.74 Å². The fraction of sp³-hybridized carbons (Fsp3) is 0.263. The topological polar surface area (TPSA) is 88.6 Å². The molecule has 0 aliphatic carbocycles. The van der Waals surface area contributed by atoms with E-state index < -0.39 is 5.97 Å². The summed E-state index contributed by atoms with van der Waals surface area (Å²) in [5, 5.41) is 9.84. The summed E-state index contributed by atoms with van der Waals surface area (Å²) in [6.45, 7) is 5.42. The van der Waals surface area contributed by atoms with E-state index in [9.17, 15) is 14.7 Å². The summed E-state index contributed by atoms with van der Waals surface area (Å²) in [7, 11) is 1.45. The maximum atomic E-state index is 12.6. The number of methoxy groups -OCH3 is 1. The summed E-state index contributed by atoms with van der Waals surface area (Å²) >= 11 is 3.24. The fourth-order valence-corrected chi connectivity index (χ4v) is 3.09. The van der Waals surface area contributed by atoms with Crippen molar-refractivity contribution in [3.05, 3.63) is 50.8 Å². The second-order valence-electron chi connectivity index (χ2n) is 5.60. The van der Waals surface area contributed by atoms with E-state index in [1.165, 1.54) is 13.2 Å². The number of aromatic nitrogens is 1. The standard InChI is InChI=1S/C19H20BrNO5/c1-5-26-19(24)17-10(2)16(11(3)21-17)14(22)7-6-12-8-13(20)18(23)15(9-12)25-4/h6-9,21,23H,5H2,1-4H3. The zero-order valence-corrected chi connectivity index (χ0v) is 16.6. The summed E-state index contributed by atoms with van der Waals surface area (Å²) in [6.07, 6.45) is 3.03. The first kappa shape index (κ1) is 19.8. The number of hydrogen-bond acceptors (Lipinski definition) is 5. The Morgan fingerprint density at radius 2 is 2.00 bits per heavy atom. The van der Waals surface area contributed by atoms with Gasteiger partial charge in [0, 0.05) is 11.3 Å². The zero-order valence-electron chi connectivity index (χ0n) is 15.0. The third-order valence-electron chi connectivity index (χ3n) is 3.86. The number of aryl methyl sites for hydroxylation is 1. The first-order chi connectivity index (χ1) is 12.3. The molecule has 0 unspecified atom stereocenters. The van der Waals surface area contributed by atoms with Gasteiger partial charge in [-0.3, -0.25) is 4.79 Å². The first-order valence-corrected chi connectivity index (χ1v) is 8.74. The maximum Gasteiger partial charge on any atom is 0.355 e. The molecule has 138 valence electrons. The number of aromatic amines is 1. The van der Waals surface area contributed by atoms with Crippen molar-refractivity contribution in [1.29, 1.82) is 0 Å². The highest BCUT2D eigenvalue weighted by Crippen LogP contribution is 2.35. The number of nitrogens with one attached hydrogen (secondary N) is 1. The molecular formula is C19H20BrNO5. The molecule has 2 aromatic rings. The molecule has 0 amide bonds. The number of carbonyl (C=O) groups excluding carboxylic acids is 2. The van der Waals surface area contributed by atoms with Crippen molar-refractivity contribution in [2.24, 2.45) is 0 Å². The Morgan fingerprint density at radius 3 is 2.62 bits per heavy atom. The van der Waals surface area contributed by atoms with Crippen LogP contribution in [-0.2, 0) is 4.74 Å². The lowest BCUT2D eigenvalue weighted by Gasteiger charge is -2.06. The lowest BCUT2D eigenvalue weighted by molar-refractivity contribution is 0.0519. The third-order valence-corrected chi connectivity index (χ3v) is 4.47. The van der Waals surface area contributed by atoms with Gasteiger partial charge in [-0.2, -0.15) is 0 Å². The normalized spacial score (nSPS) is 11.0. The molecule has 0 bridgehead atoms. The Bertz CT molecular complexity index is 883. The number of carbonyl (C=O) groups is 2. The van der Waals surface area contributed by atoms with E-state index >= 15 is 0 Å². The van der Waals surface area contributed by atoms with Gasteiger partial charge in [0.2, 0.25) is 0 Å². The molecular weight excluding hydrogens is 402 g/mol. The zero-order chi connectivity index (χ0) is 19.4. The van der Waals surface area contributed by atoms with Gasteiger partial charge < -0.3 is 19.6 Å². The number of rotatable bonds is 6. The average Bonchev–Trinajstić information content (AvgIpc) is 2.90. The van der Waals surface area contributed by atoms with Crippen LogP contribution in [0.5, 0.6) is 11.5 Å². The minimum Gasteiger partial charge on any atom is -0.503 e. The second kappa shape index (κ2) is 8.23. The van der Waals surface area contributed by atoms with E-state index in [4.69, 9.17) is 9.47 Å². The van der Waals surface area contributed by atoms with Crippen LogP contribution in [0.2, 0.25) is 0 Å². The van der Waals surface area contributed by atoms with Gasteiger partial charge in [-0.05, 0) is 66.0 Å². The number of halogens is 1. The van der Waals surface area contributed by atoms with Gasteiger partial charge in [0.15, 0.2) is 17.3 Å². The Balaban J connectivity index is 2.32. The molecule has 0 fully saturated rings. The molecule has 0 aliphatic rings. The summed E-state index contributed by atoms with van der Waals surface area (Å²) in [5.41, 5.74) is 2.56. The smallest absolute Gasteiger partial charge is 0.355 e. The van der Waals surface area contributed by atoms with Crippen molar-refractivity contribution in [1.82, 2.24) is 4.98 Å². The van der Waals surface area contributed by atoms with Gasteiger partial charge in [-0.1, -0.05) is 6.08 Å². The van der Waals surface area contributed by atoms with Gasteiger partial charge in [0.25, 0.3) is 0 Å². The number of benzene rings is 1. The first-order valence-electron chi connectivity index (χ1n) is 7.95. The minimum absolute atomic E-state index is 0.00706. The van der Waals surface area contributed by atoms with Crippen LogP contribution in [0.3, 0.4) is 0 Å². The molecule has 0 aliphatic heterocycles.